The molecular weight excluding hydrogens is 202 g/mol. The first-order valence-electron chi connectivity index (χ1n) is 5.70. The topological polar surface area (TPSA) is 45.2 Å². The highest BCUT2D eigenvalue weighted by atomic mass is 16.2. The maximum absolute atomic E-state index is 11.7. The molecule has 0 unspecified atom stereocenters. The average Bonchev–Trinajstić information content (AvgIpc) is 2.81. The maximum atomic E-state index is 11.7. The molecule has 0 aromatic carbocycles. The van der Waals surface area contributed by atoms with Crippen LogP contribution in [0.1, 0.15) is 24.1 Å². The van der Waals surface area contributed by atoms with Gasteiger partial charge in [-0.2, -0.15) is 0 Å². The van der Waals surface area contributed by atoms with Gasteiger partial charge >= 0.3 is 6.03 Å². The molecule has 2 heterocycles. The van der Waals surface area contributed by atoms with E-state index in [0.717, 1.165) is 37.2 Å². The Labute approximate surface area is 95.7 Å². The fraction of sp³-hybridized carbons (Fsp3) is 0.500. The summed E-state index contributed by atoms with van der Waals surface area (Å²) < 4.78 is 0. The van der Waals surface area contributed by atoms with Crippen LogP contribution in [0.5, 0.6) is 0 Å². The van der Waals surface area contributed by atoms with Crippen LogP contribution in [0.2, 0.25) is 0 Å². The van der Waals surface area contributed by atoms with E-state index in [1.54, 1.807) is 6.20 Å². The van der Waals surface area contributed by atoms with Gasteiger partial charge in [0.1, 0.15) is 0 Å². The van der Waals surface area contributed by atoms with Gasteiger partial charge in [0.25, 0.3) is 0 Å². The fourth-order valence-electron chi connectivity index (χ4n) is 1.81. The zero-order valence-electron chi connectivity index (χ0n) is 9.57. The second kappa shape index (κ2) is 4.96. The standard InChI is InChI=1S/C12H17N3O/c1-10-4-5-11(8-13-10)9-14-12(16)15-6-2-3-7-15/h4-5,8H,2-3,6-7,9H2,1H3,(H,14,16). The van der Waals surface area contributed by atoms with E-state index >= 15 is 0 Å². The Morgan fingerprint density at radius 2 is 2.19 bits per heavy atom. The molecule has 1 aromatic heterocycles. The third-order valence-electron chi connectivity index (χ3n) is 2.81. The molecule has 1 fully saturated rings. The van der Waals surface area contributed by atoms with Gasteiger partial charge in [0.05, 0.1) is 0 Å². The summed E-state index contributed by atoms with van der Waals surface area (Å²) in [5.41, 5.74) is 2.03. The summed E-state index contributed by atoms with van der Waals surface area (Å²) >= 11 is 0. The Bertz CT molecular complexity index is 355. The summed E-state index contributed by atoms with van der Waals surface area (Å²) in [4.78, 5) is 17.7. The van der Waals surface area contributed by atoms with Gasteiger partial charge in [-0.3, -0.25) is 4.98 Å². The second-order valence-corrected chi connectivity index (χ2v) is 4.16. The molecule has 4 heteroatoms. The Morgan fingerprint density at radius 1 is 1.44 bits per heavy atom. The number of amides is 2. The van der Waals surface area contributed by atoms with Crippen molar-refractivity contribution in [2.75, 3.05) is 13.1 Å². The van der Waals surface area contributed by atoms with E-state index in [1.165, 1.54) is 0 Å². The first-order chi connectivity index (χ1) is 7.75. The molecule has 0 aliphatic carbocycles. The highest BCUT2D eigenvalue weighted by Gasteiger charge is 2.16. The highest BCUT2D eigenvalue weighted by molar-refractivity contribution is 5.74. The quantitative estimate of drug-likeness (QED) is 0.822. The lowest BCUT2D eigenvalue weighted by molar-refractivity contribution is 0.208. The summed E-state index contributed by atoms with van der Waals surface area (Å²) in [5, 5.41) is 2.91. The van der Waals surface area contributed by atoms with Crippen LogP contribution in [-0.2, 0) is 6.54 Å². The molecule has 0 radical (unpaired) electrons. The van der Waals surface area contributed by atoms with Gasteiger partial charge in [0, 0.05) is 31.5 Å². The Kier molecular flexibility index (Phi) is 3.39. The molecule has 1 N–H and O–H groups in total. The van der Waals surface area contributed by atoms with E-state index in [-0.39, 0.29) is 6.03 Å². The van der Waals surface area contributed by atoms with Gasteiger partial charge < -0.3 is 10.2 Å². The Morgan fingerprint density at radius 3 is 2.81 bits per heavy atom. The molecule has 4 nitrogen and oxygen atoms in total. The van der Waals surface area contributed by atoms with E-state index < -0.39 is 0 Å². The number of carbonyl (C=O) groups excluding carboxylic acids is 1. The molecule has 0 atom stereocenters. The van der Waals surface area contributed by atoms with Crippen molar-refractivity contribution in [2.24, 2.45) is 0 Å². The predicted octanol–water partition coefficient (Wildman–Crippen LogP) is 1.70. The summed E-state index contributed by atoms with van der Waals surface area (Å²) in [6.45, 7) is 4.28. The van der Waals surface area contributed by atoms with Crippen LogP contribution < -0.4 is 5.32 Å². The predicted molar refractivity (Wildman–Crippen MR) is 62.0 cm³/mol. The van der Waals surface area contributed by atoms with Crippen molar-refractivity contribution in [1.82, 2.24) is 15.2 Å². The summed E-state index contributed by atoms with van der Waals surface area (Å²) in [6, 6.07) is 3.99. The van der Waals surface area contributed by atoms with Crippen molar-refractivity contribution in [2.45, 2.75) is 26.3 Å². The lowest BCUT2D eigenvalue weighted by Gasteiger charge is -2.15. The zero-order chi connectivity index (χ0) is 11.4. The van der Waals surface area contributed by atoms with Crippen LogP contribution in [0, 0.1) is 6.92 Å². The molecule has 86 valence electrons. The number of nitrogens with zero attached hydrogens (tertiary/aromatic N) is 2. The monoisotopic (exact) mass is 219 g/mol. The second-order valence-electron chi connectivity index (χ2n) is 4.16. The van der Waals surface area contributed by atoms with Crippen molar-refractivity contribution in [1.29, 1.82) is 0 Å². The number of pyridine rings is 1. The largest absolute Gasteiger partial charge is 0.334 e. The number of carbonyl (C=O) groups is 1. The van der Waals surface area contributed by atoms with Crippen LogP contribution in [-0.4, -0.2) is 29.0 Å². The zero-order valence-corrected chi connectivity index (χ0v) is 9.57. The molecule has 0 saturated carbocycles. The van der Waals surface area contributed by atoms with E-state index in [2.05, 4.69) is 10.3 Å². The number of likely N-dealkylation sites (tertiary alicyclic amines) is 1. The Hall–Kier alpha value is -1.58. The first kappa shape index (κ1) is 10.9. The van der Waals surface area contributed by atoms with E-state index in [9.17, 15) is 4.79 Å². The van der Waals surface area contributed by atoms with E-state index in [0.29, 0.717) is 6.54 Å². The van der Waals surface area contributed by atoms with Crippen molar-refractivity contribution in [3.63, 3.8) is 0 Å². The molecule has 1 saturated heterocycles. The average molecular weight is 219 g/mol. The molecule has 1 aliphatic heterocycles. The molecule has 1 aliphatic rings. The minimum atomic E-state index is 0.0399. The number of nitrogens with one attached hydrogen (secondary N) is 1. The molecule has 2 amide bonds. The molecule has 0 bridgehead atoms. The lowest BCUT2D eigenvalue weighted by Crippen LogP contribution is -2.37. The summed E-state index contributed by atoms with van der Waals surface area (Å²) in [5.74, 6) is 0. The van der Waals surface area contributed by atoms with Crippen molar-refractivity contribution < 1.29 is 4.79 Å². The number of urea groups is 1. The number of aryl methyl sites for hydroxylation is 1. The third-order valence-corrected chi connectivity index (χ3v) is 2.81. The van der Waals surface area contributed by atoms with Gasteiger partial charge in [0.15, 0.2) is 0 Å². The molecule has 0 spiro atoms. The van der Waals surface area contributed by atoms with Crippen LogP contribution in [0.3, 0.4) is 0 Å². The highest BCUT2D eigenvalue weighted by Crippen LogP contribution is 2.07. The molecular formula is C12H17N3O. The van der Waals surface area contributed by atoms with Crippen LogP contribution in [0.15, 0.2) is 18.3 Å². The smallest absolute Gasteiger partial charge is 0.317 e. The Balaban J connectivity index is 1.82. The number of aromatic nitrogens is 1. The third kappa shape index (κ3) is 2.72. The maximum Gasteiger partial charge on any atom is 0.317 e. The van der Waals surface area contributed by atoms with Crippen LogP contribution in [0.4, 0.5) is 4.79 Å². The minimum absolute atomic E-state index is 0.0399. The molecule has 1 aromatic rings. The van der Waals surface area contributed by atoms with Gasteiger partial charge in [0.2, 0.25) is 0 Å². The van der Waals surface area contributed by atoms with Gasteiger partial charge in [-0.15, -0.1) is 0 Å². The number of hydrogen-bond donors (Lipinski definition) is 1. The van der Waals surface area contributed by atoms with Crippen LogP contribution >= 0.6 is 0 Å². The van der Waals surface area contributed by atoms with E-state index in [1.807, 2.05) is 24.0 Å². The van der Waals surface area contributed by atoms with Crippen molar-refractivity contribution >= 4 is 6.03 Å². The van der Waals surface area contributed by atoms with E-state index in [4.69, 9.17) is 0 Å². The van der Waals surface area contributed by atoms with Gasteiger partial charge in [-0.1, -0.05) is 6.07 Å². The number of hydrogen-bond acceptors (Lipinski definition) is 2. The summed E-state index contributed by atoms with van der Waals surface area (Å²) in [6.07, 6.45) is 4.05. The van der Waals surface area contributed by atoms with Gasteiger partial charge in [-0.25, -0.2) is 4.79 Å². The fourth-order valence-corrected chi connectivity index (χ4v) is 1.81. The van der Waals surface area contributed by atoms with Crippen molar-refractivity contribution in [3.8, 4) is 0 Å². The van der Waals surface area contributed by atoms with Crippen LogP contribution in [0.25, 0.3) is 0 Å². The number of rotatable bonds is 2. The SMILES string of the molecule is Cc1ccc(CNC(=O)N2CCCC2)cn1. The lowest BCUT2D eigenvalue weighted by atomic mass is 10.2. The normalized spacial score (nSPS) is 15.2. The first-order valence-corrected chi connectivity index (χ1v) is 5.70. The molecule has 16 heavy (non-hydrogen) atoms. The van der Waals surface area contributed by atoms with Crippen molar-refractivity contribution in [3.05, 3.63) is 29.6 Å². The van der Waals surface area contributed by atoms with Gasteiger partial charge in [-0.05, 0) is 31.4 Å². The molecule has 2 rings (SSSR count). The minimum Gasteiger partial charge on any atom is -0.334 e. The summed E-state index contributed by atoms with van der Waals surface area (Å²) in [7, 11) is 0.